The topological polar surface area (TPSA) is 104 Å². The van der Waals surface area contributed by atoms with E-state index >= 15 is 0 Å². The van der Waals surface area contributed by atoms with Crippen LogP contribution in [0.5, 0.6) is 0 Å². The number of rotatable bonds is 5. The predicted octanol–water partition coefficient (Wildman–Crippen LogP) is 2.20. The second-order valence-electron chi connectivity index (χ2n) is 5.91. The average Bonchev–Trinajstić information content (AvgIpc) is 2.56. The Hall–Kier alpha value is -1.90. The van der Waals surface area contributed by atoms with Crippen molar-refractivity contribution in [2.45, 2.75) is 17.7 Å². The van der Waals surface area contributed by atoms with Crippen LogP contribution in [0.3, 0.4) is 0 Å². The molecule has 0 fully saturated rings. The molecule has 1 aromatic carbocycles. The first-order valence-corrected chi connectivity index (χ1v) is 9.37. The molecule has 1 aliphatic rings. The monoisotopic (exact) mass is 386 g/mol. The van der Waals surface area contributed by atoms with Gasteiger partial charge in [0.1, 0.15) is 0 Å². The second-order valence-corrected chi connectivity index (χ2v) is 8.47. The summed E-state index contributed by atoms with van der Waals surface area (Å²) in [7, 11) is -0.889. The minimum absolute atomic E-state index is 0.0180. The standard InChI is InChI=1S/C16H19ClN2O5S/c1-19(2)25(23,24)10-7-8-13(17)14(9-10)18-15(20)11-5-3-4-6-12(11)16(21)22/h3-4,7-9,11-12H,5-6H2,1-2H3,(H,18,20)(H,21,22)/t11-,12-/m0/s1. The number of aliphatic carboxylic acids is 1. The van der Waals surface area contributed by atoms with Crippen molar-refractivity contribution in [2.24, 2.45) is 11.8 Å². The van der Waals surface area contributed by atoms with Crippen molar-refractivity contribution in [1.82, 2.24) is 4.31 Å². The number of nitrogens with zero attached hydrogens (tertiary/aromatic N) is 1. The fourth-order valence-electron chi connectivity index (χ4n) is 2.57. The lowest BCUT2D eigenvalue weighted by atomic mass is 9.82. The molecule has 0 saturated heterocycles. The Balaban J connectivity index is 2.29. The number of hydrogen-bond donors (Lipinski definition) is 2. The highest BCUT2D eigenvalue weighted by molar-refractivity contribution is 7.89. The maximum atomic E-state index is 12.5. The molecule has 25 heavy (non-hydrogen) atoms. The van der Waals surface area contributed by atoms with E-state index in [2.05, 4.69) is 5.32 Å². The van der Waals surface area contributed by atoms with Gasteiger partial charge in [-0.05, 0) is 31.0 Å². The first-order chi connectivity index (χ1) is 11.6. The summed E-state index contributed by atoms with van der Waals surface area (Å²) in [6.45, 7) is 0. The van der Waals surface area contributed by atoms with Crippen LogP contribution in [0.25, 0.3) is 0 Å². The minimum atomic E-state index is -3.68. The summed E-state index contributed by atoms with van der Waals surface area (Å²) >= 11 is 6.05. The number of nitrogens with one attached hydrogen (secondary N) is 1. The molecular weight excluding hydrogens is 368 g/mol. The van der Waals surface area contributed by atoms with Crippen molar-refractivity contribution in [3.8, 4) is 0 Å². The van der Waals surface area contributed by atoms with Gasteiger partial charge < -0.3 is 10.4 Å². The van der Waals surface area contributed by atoms with Crippen molar-refractivity contribution in [2.75, 3.05) is 19.4 Å². The van der Waals surface area contributed by atoms with Crippen LogP contribution in [-0.4, -0.2) is 43.8 Å². The van der Waals surface area contributed by atoms with Gasteiger partial charge in [-0.15, -0.1) is 0 Å². The lowest BCUT2D eigenvalue weighted by molar-refractivity contribution is -0.146. The Morgan fingerprint density at radius 1 is 1.20 bits per heavy atom. The lowest BCUT2D eigenvalue weighted by Gasteiger charge is -2.24. The molecule has 1 aromatic rings. The molecule has 2 atom stereocenters. The van der Waals surface area contributed by atoms with Crippen LogP contribution in [0.1, 0.15) is 12.8 Å². The van der Waals surface area contributed by atoms with Gasteiger partial charge in [0, 0.05) is 14.1 Å². The third-order valence-electron chi connectivity index (χ3n) is 4.06. The molecule has 0 unspecified atom stereocenters. The Morgan fingerprint density at radius 3 is 2.36 bits per heavy atom. The van der Waals surface area contributed by atoms with Crippen molar-refractivity contribution >= 4 is 39.2 Å². The molecule has 0 bridgehead atoms. The molecule has 0 aliphatic heterocycles. The molecule has 2 N–H and O–H groups in total. The number of anilines is 1. The molecule has 1 amide bonds. The van der Waals surface area contributed by atoms with E-state index in [-0.39, 0.29) is 22.0 Å². The van der Waals surface area contributed by atoms with E-state index in [9.17, 15) is 23.1 Å². The van der Waals surface area contributed by atoms with E-state index in [4.69, 9.17) is 11.6 Å². The van der Waals surface area contributed by atoms with Gasteiger partial charge in [0.15, 0.2) is 0 Å². The molecular formula is C16H19ClN2O5S. The van der Waals surface area contributed by atoms with E-state index in [1.54, 1.807) is 12.2 Å². The fourth-order valence-corrected chi connectivity index (χ4v) is 3.67. The lowest BCUT2D eigenvalue weighted by Crippen LogP contribution is -2.34. The van der Waals surface area contributed by atoms with Gasteiger partial charge in [0.2, 0.25) is 15.9 Å². The fraction of sp³-hybridized carbons (Fsp3) is 0.375. The number of hydrogen-bond acceptors (Lipinski definition) is 4. The summed E-state index contributed by atoms with van der Waals surface area (Å²) in [6.07, 6.45) is 4.07. The number of carbonyl (C=O) groups excluding carboxylic acids is 1. The van der Waals surface area contributed by atoms with Gasteiger partial charge in [-0.3, -0.25) is 9.59 Å². The first kappa shape index (κ1) is 19.4. The molecule has 136 valence electrons. The van der Waals surface area contributed by atoms with Crippen LogP contribution in [0.4, 0.5) is 5.69 Å². The molecule has 0 aromatic heterocycles. The molecule has 7 nitrogen and oxygen atoms in total. The molecule has 9 heteroatoms. The van der Waals surface area contributed by atoms with Crippen molar-refractivity contribution in [3.63, 3.8) is 0 Å². The van der Waals surface area contributed by atoms with E-state index in [1.165, 1.54) is 32.3 Å². The van der Waals surface area contributed by atoms with Gasteiger partial charge in [0.05, 0.1) is 27.4 Å². The Labute approximate surface area is 151 Å². The van der Waals surface area contributed by atoms with Crippen molar-refractivity contribution < 1.29 is 23.1 Å². The predicted molar refractivity (Wildman–Crippen MR) is 93.9 cm³/mol. The third kappa shape index (κ3) is 4.20. The van der Waals surface area contributed by atoms with Crippen LogP contribution in [-0.2, 0) is 19.6 Å². The van der Waals surface area contributed by atoms with E-state index in [0.29, 0.717) is 6.42 Å². The zero-order chi connectivity index (χ0) is 18.8. The van der Waals surface area contributed by atoms with Crippen LogP contribution in [0.15, 0.2) is 35.2 Å². The molecule has 0 radical (unpaired) electrons. The zero-order valence-electron chi connectivity index (χ0n) is 13.8. The number of carbonyl (C=O) groups is 2. The number of halogens is 1. The highest BCUT2D eigenvalue weighted by atomic mass is 35.5. The highest BCUT2D eigenvalue weighted by Crippen LogP contribution is 2.30. The van der Waals surface area contributed by atoms with Gasteiger partial charge in [0.25, 0.3) is 0 Å². The molecule has 1 aliphatic carbocycles. The van der Waals surface area contributed by atoms with Crippen molar-refractivity contribution in [1.29, 1.82) is 0 Å². The molecule has 2 rings (SSSR count). The van der Waals surface area contributed by atoms with Crippen molar-refractivity contribution in [3.05, 3.63) is 35.4 Å². The third-order valence-corrected chi connectivity index (χ3v) is 6.20. The largest absolute Gasteiger partial charge is 0.481 e. The summed E-state index contributed by atoms with van der Waals surface area (Å²) in [5.41, 5.74) is 0.133. The van der Waals surface area contributed by atoms with Crippen LogP contribution in [0, 0.1) is 11.8 Å². The number of benzene rings is 1. The maximum Gasteiger partial charge on any atom is 0.307 e. The van der Waals surface area contributed by atoms with Crippen LogP contribution in [0.2, 0.25) is 5.02 Å². The quantitative estimate of drug-likeness (QED) is 0.755. The van der Waals surface area contributed by atoms with Gasteiger partial charge in [-0.1, -0.05) is 23.8 Å². The van der Waals surface area contributed by atoms with Crippen LogP contribution >= 0.6 is 11.6 Å². The first-order valence-electron chi connectivity index (χ1n) is 7.55. The Bertz CT molecular complexity index is 820. The molecule has 0 heterocycles. The summed E-state index contributed by atoms with van der Waals surface area (Å²) in [4.78, 5) is 23.8. The van der Waals surface area contributed by atoms with E-state index < -0.39 is 33.7 Å². The number of carboxylic acids is 1. The van der Waals surface area contributed by atoms with E-state index in [0.717, 1.165) is 4.31 Å². The molecule has 0 saturated carbocycles. The SMILES string of the molecule is CN(C)S(=O)(=O)c1ccc(Cl)c(NC(=O)[C@H]2CC=CC[C@@H]2C(=O)O)c1. The van der Waals surface area contributed by atoms with Gasteiger partial charge in [-0.2, -0.15) is 0 Å². The normalized spacial score (nSPS) is 20.5. The maximum absolute atomic E-state index is 12.5. The number of allylic oxidation sites excluding steroid dienone is 2. The summed E-state index contributed by atoms with van der Waals surface area (Å²) < 4.78 is 25.5. The van der Waals surface area contributed by atoms with Gasteiger partial charge >= 0.3 is 5.97 Å². The molecule has 0 spiro atoms. The van der Waals surface area contributed by atoms with Gasteiger partial charge in [-0.25, -0.2) is 12.7 Å². The highest BCUT2D eigenvalue weighted by Gasteiger charge is 2.34. The van der Waals surface area contributed by atoms with E-state index in [1.807, 2.05) is 0 Å². The smallest absolute Gasteiger partial charge is 0.307 e. The summed E-state index contributed by atoms with van der Waals surface area (Å²) in [6, 6.07) is 3.99. The van der Waals surface area contributed by atoms with Crippen LogP contribution < -0.4 is 5.32 Å². The average molecular weight is 387 g/mol. The zero-order valence-corrected chi connectivity index (χ0v) is 15.3. The number of carboxylic acid groups (broad SMARTS) is 1. The number of amides is 1. The minimum Gasteiger partial charge on any atom is -0.481 e. The summed E-state index contributed by atoms with van der Waals surface area (Å²) in [5, 5.41) is 12.0. The Morgan fingerprint density at radius 2 is 1.80 bits per heavy atom. The summed E-state index contributed by atoms with van der Waals surface area (Å²) in [5.74, 6) is -3.11. The number of sulfonamides is 1. The second kappa shape index (κ2) is 7.55. The Kier molecular flexibility index (Phi) is 5.87.